The average Bonchev–Trinajstić information content (AvgIpc) is 2.84. The molecule has 0 bridgehead atoms. The molecule has 0 aliphatic carbocycles. The van der Waals surface area contributed by atoms with Crippen LogP contribution in [-0.2, 0) is 9.53 Å². The quantitative estimate of drug-likeness (QED) is 0.143. The van der Waals surface area contributed by atoms with E-state index in [1.807, 2.05) is 12.1 Å². The fourth-order valence-electron chi connectivity index (χ4n) is 3.72. The number of ether oxygens (including phenoxy) is 1. The third kappa shape index (κ3) is 13.9. The molecule has 0 unspecified atom stereocenters. The number of hydrogen-bond donors (Lipinski definition) is 2. The second-order valence-corrected chi connectivity index (χ2v) is 8.70. The Morgan fingerprint density at radius 2 is 1.48 bits per heavy atom. The maximum atomic E-state index is 12.5. The molecule has 2 atom stereocenters. The number of rotatable bonds is 19. The first-order valence-electron chi connectivity index (χ1n) is 12.9. The van der Waals surface area contributed by atoms with Crippen LogP contribution in [0.3, 0.4) is 0 Å². The van der Waals surface area contributed by atoms with Crippen molar-refractivity contribution in [3.63, 3.8) is 0 Å². The Morgan fingerprint density at radius 1 is 0.909 bits per heavy atom. The van der Waals surface area contributed by atoms with E-state index in [0.29, 0.717) is 12.0 Å². The first-order valence-corrected chi connectivity index (χ1v) is 12.9. The molecule has 0 radical (unpaired) electrons. The zero-order chi connectivity index (χ0) is 24.2. The molecule has 1 amide bonds. The molecule has 186 valence electrons. The standard InChI is InChI=1S/C28H45NO4/c1-3-5-6-7-8-9-10-11-12-13-14-15-19-22-26(25(23-30)29-27(31)4-2)33-28(32)24-20-17-16-18-21-24/h16-22,25-26,30H,3-15,23H2,1-2H3,(H,29,31)/t25-,26+/m0/s1. The number of unbranched alkanes of at least 4 members (excludes halogenated alkanes) is 11. The van der Waals surface area contributed by atoms with Crippen LogP contribution in [0.15, 0.2) is 42.5 Å². The Labute approximate surface area is 201 Å². The third-order valence-electron chi connectivity index (χ3n) is 5.81. The zero-order valence-electron chi connectivity index (χ0n) is 20.8. The number of carbonyl (C=O) groups is 2. The van der Waals surface area contributed by atoms with Crippen molar-refractivity contribution in [3.05, 3.63) is 48.0 Å². The van der Waals surface area contributed by atoms with E-state index in [2.05, 4.69) is 12.2 Å². The molecule has 0 aliphatic rings. The Kier molecular flexibility index (Phi) is 16.9. The van der Waals surface area contributed by atoms with Gasteiger partial charge in [-0.25, -0.2) is 4.79 Å². The zero-order valence-corrected chi connectivity index (χ0v) is 20.8. The minimum atomic E-state index is -0.717. The first-order chi connectivity index (χ1) is 16.1. The van der Waals surface area contributed by atoms with Crippen LogP contribution in [0.5, 0.6) is 0 Å². The summed E-state index contributed by atoms with van der Waals surface area (Å²) < 4.78 is 5.64. The fourth-order valence-corrected chi connectivity index (χ4v) is 3.72. The van der Waals surface area contributed by atoms with Crippen molar-refractivity contribution in [2.45, 2.75) is 109 Å². The molecule has 0 aromatic heterocycles. The summed E-state index contributed by atoms with van der Waals surface area (Å²) in [5.41, 5.74) is 0.444. The van der Waals surface area contributed by atoms with Crippen LogP contribution in [0.25, 0.3) is 0 Å². The van der Waals surface area contributed by atoms with Crippen LogP contribution in [0.1, 0.15) is 108 Å². The van der Waals surface area contributed by atoms with Gasteiger partial charge < -0.3 is 15.2 Å². The van der Waals surface area contributed by atoms with Gasteiger partial charge in [0.15, 0.2) is 0 Å². The van der Waals surface area contributed by atoms with E-state index in [9.17, 15) is 14.7 Å². The fraction of sp³-hybridized carbons (Fsp3) is 0.643. The molecule has 0 fully saturated rings. The van der Waals surface area contributed by atoms with E-state index in [-0.39, 0.29) is 12.5 Å². The molecule has 1 aromatic carbocycles. The molecule has 5 nitrogen and oxygen atoms in total. The van der Waals surface area contributed by atoms with Gasteiger partial charge >= 0.3 is 5.97 Å². The lowest BCUT2D eigenvalue weighted by molar-refractivity contribution is -0.122. The van der Waals surface area contributed by atoms with Crippen molar-refractivity contribution in [3.8, 4) is 0 Å². The lowest BCUT2D eigenvalue weighted by atomic mass is 10.0. The van der Waals surface area contributed by atoms with Crippen LogP contribution in [-0.4, -0.2) is 35.7 Å². The summed E-state index contributed by atoms with van der Waals surface area (Å²) in [5, 5.41) is 12.5. The topological polar surface area (TPSA) is 75.6 Å². The van der Waals surface area contributed by atoms with Crippen molar-refractivity contribution in [1.82, 2.24) is 5.32 Å². The van der Waals surface area contributed by atoms with Crippen LogP contribution in [0.4, 0.5) is 0 Å². The Balaban J connectivity index is 2.41. The number of benzene rings is 1. The summed E-state index contributed by atoms with van der Waals surface area (Å²) in [7, 11) is 0. The molecule has 0 saturated heterocycles. The SMILES string of the molecule is CCCCCCCCCCCCCC=C[C@@H](OC(=O)c1ccccc1)[C@H](CO)NC(=O)CC. The van der Waals surface area contributed by atoms with Crippen LogP contribution < -0.4 is 5.32 Å². The normalized spacial score (nSPS) is 13.1. The summed E-state index contributed by atoms with van der Waals surface area (Å²) >= 11 is 0. The van der Waals surface area contributed by atoms with Gasteiger partial charge in [0.1, 0.15) is 6.10 Å². The molecular formula is C28H45NO4. The second kappa shape index (κ2) is 19.3. The van der Waals surface area contributed by atoms with Crippen molar-refractivity contribution in [2.24, 2.45) is 0 Å². The number of allylic oxidation sites excluding steroid dienone is 1. The van der Waals surface area contributed by atoms with E-state index in [1.165, 1.54) is 64.2 Å². The molecule has 0 saturated carbocycles. The van der Waals surface area contributed by atoms with Crippen molar-refractivity contribution in [1.29, 1.82) is 0 Å². The number of esters is 1. The number of amides is 1. The van der Waals surface area contributed by atoms with E-state index in [4.69, 9.17) is 4.74 Å². The Bertz CT molecular complexity index is 659. The number of hydrogen-bond acceptors (Lipinski definition) is 4. The summed E-state index contributed by atoms with van der Waals surface area (Å²) in [6, 6.07) is 8.09. The monoisotopic (exact) mass is 459 g/mol. The third-order valence-corrected chi connectivity index (χ3v) is 5.81. The summed E-state index contributed by atoms with van der Waals surface area (Å²) in [6.07, 6.45) is 18.6. The summed E-state index contributed by atoms with van der Waals surface area (Å²) in [6.45, 7) is 3.69. The van der Waals surface area contributed by atoms with E-state index >= 15 is 0 Å². The Hall–Kier alpha value is -2.14. The van der Waals surface area contributed by atoms with Crippen molar-refractivity contribution in [2.75, 3.05) is 6.61 Å². The highest BCUT2D eigenvalue weighted by Gasteiger charge is 2.24. The van der Waals surface area contributed by atoms with Gasteiger partial charge in [0, 0.05) is 6.42 Å². The van der Waals surface area contributed by atoms with Crippen molar-refractivity contribution < 1.29 is 19.4 Å². The first kappa shape index (κ1) is 28.9. The van der Waals surface area contributed by atoms with E-state index < -0.39 is 18.1 Å². The van der Waals surface area contributed by atoms with Gasteiger partial charge in [0.05, 0.1) is 18.2 Å². The predicted octanol–water partition coefficient (Wildman–Crippen LogP) is 6.36. The number of aliphatic hydroxyl groups is 1. The molecular weight excluding hydrogens is 414 g/mol. The van der Waals surface area contributed by atoms with Crippen molar-refractivity contribution >= 4 is 11.9 Å². The largest absolute Gasteiger partial charge is 0.452 e. The average molecular weight is 460 g/mol. The second-order valence-electron chi connectivity index (χ2n) is 8.70. The van der Waals surface area contributed by atoms with Gasteiger partial charge in [-0.2, -0.15) is 0 Å². The van der Waals surface area contributed by atoms with Crippen LogP contribution in [0.2, 0.25) is 0 Å². The molecule has 2 N–H and O–H groups in total. The highest BCUT2D eigenvalue weighted by molar-refractivity contribution is 5.89. The van der Waals surface area contributed by atoms with Gasteiger partial charge in [-0.15, -0.1) is 0 Å². The molecule has 1 rings (SSSR count). The maximum absolute atomic E-state index is 12.5. The maximum Gasteiger partial charge on any atom is 0.338 e. The molecule has 0 aliphatic heterocycles. The van der Waals surface area contributed by atoms with Gasteiger partial charge in [-0.3, -0.25) is 4.79 Å². The summed E-state index contributed by atoms with van der Waals surface area (Å²) in [5.74, 6) is -0.655. The van der Waals surface area contributed by atoms with Gasteiger partial charge in [0.25, 0.3) is 0 Å². The van der Waals surface area contributed by atoms with Crippen LogP contribution >= 0.6 is 0 Å². The molecule has 5 heteroatoms. The molecule has 1 aromatic rings. The van der Waals surface area contributed by atoms with Gasteiger partial charge in [-0.05, 0) is 31.1 Å². The highest BCUT2D eigenvalue weighted by atomic mass is 16.5. The molecule has 0 spiro atoms. The molecule has 0 heterocycles. The van der Waals surface area contributed by atoms with E-state index in [0.717, 1.165) is 12.8 Å². The van der Waals surface area contributed by atoms with Crippen LogP contribution in [0, 0.1) is 0 Å². The number of aliphatic hydroxyl groups excluding tert-OH is 1. The Morgan fingerprint density at radius 3 is 2.03 bits per heavy atom. The predicted molar refractivity (Wildman–Crippen MR) is 135 cm³/mol. The van der Waals surface area contributed by atoms with E-state index in [1.54, 1.807) is 37.3 Å². The lowest BCUT2D eigenvalue weighted by Crippen LogP contribution is -2.46. The number of nitrogens with one attached hydrogen (secondary N) is 1. The van der Waals surface area contributed by atoms with Gasteiger partial charge in [-0.1, -0.05) is 102 Å². The number of carbonyl (C=O) groups excluding carboxylic acids is 2. The van der Waals surface area contributed by atoms with Gasteiger partial charge in [0.2, 0.25) is 5.91 Å². The highest BCUT2D eigenvalue weighted by Crippen LogP contribution is 2.13. The summed E-state index contributed by atoms with van der Waals surface area (Å²) in [4.78, 5) is 24.4. The lowest BCUT2D eigenvalue weighted by Gasteiger charge is -2.24. The smallest absolute Gasteiger partial charge is 0.338 e. The minimum absolute atomic E-state index is 0.187. The minimum Gasteiger partial charge on any atom is -0.452 e. The molecule has 33 heavy (non-hydrogen) atoms.